The van der Waals surface area contributed by atoms with Crippen molar-refractivity contribution in [2.24, 2.45) is 0 Å². The molecule has 0 saturated heterocycles. The topological polar surface area (TPSA) is 26.0 Å². The first-order valence-electron chi connectivity index (χ1n) is 4.38. The van der Waals surface area contributed by atoms with E-state index >= 15 is 0 Å². The third kappa shape index (κ3) is 3.15. The fourth-order valence-corrected chi connectivity index (χ4v) is 1.87. The van der Waals surface area contributed by atoms with Crippen molar-refractivity contribution < 1.29 is 0 Å². The van der Waals surface area contributed by atoms with Gasteiger partial charge in [0.25, 0.3) is 0 Å². The molecule has 0 amide bonds. The lowest BCUT2D eigenvalue weighted by Crippen LogP contribution is -1.89. The van der Waals surface area contributed by atoms with Crippen molar-refractivity contribution in [3.05, 3.63) is 36.4 Å². The van der Waals surface area contributed by atoms with E-state index in [0.717, 1.165) is 22.8 Å². The Morgan fingerprint density at radius 3 is 2.77 bits per heavy atom. The molecule has 2 heteroatoms. The minimum Gasteiger partial charge on any atom is -0.398 e. The number of anilines is 1. The monoisotopic (exact) mass is 193 g/mol. The van der Waals surface area contributed by atoms with Crippen molar-refractivity contribution in [2.45, 2.75) is 18.2 Å². The van der Waals surface area contributed by atoms with Crippen LogP contribution in [0.1, 0.15) is 13.3 Å². The molecule has 0 aliphatic carbocycles. The molecule has 2 N–H and O–H groups in total. The van der Waals surface area contributed by atoms with Crippen LogP contribution in [0.3, 0.4) is 0 Å². The summed E-state index contributed by atoms with van der Waals surface area (Å²) in [5.41, 5.74) is 7.91. The molecule has 1 nitrogen and oxygen atoms in total. The molecule has 0 radical (unpaired) electrons. The maximum Gasteiger partial charge on any atom is 0.0452 e. The second-order valence-corrected chi connectivity index (χ2v) is 3.95. The van der Waals surface area contributed by atoms with Gasteiger partial charge in [-0.15, -0.1) is 11.8 Å². The molecule has 0 unspecified atom stereocenters. The average molecular weight is 193 g/mol. The van der Waals surface area contributed by atoms with E-state index in [-0.39, 0.29) is 0 Å². The third-order valence-electron chi connectivity index (χ3n) is 1.85. The van der Waals surface area contributed by atoms with E-state index in [1.807, 2.05) is 24.3 Å². The summed E-state index contributed by atoms with van der Waals surface area (Å²) in [6.45, 7) is 6.08. The van der Waals surface area contributed by atoms with Crippen molar-refractivity contribution >= 4 is 17.4 Å². The molecule has 0 aromatic heterocycles. The Hall–Kier alpha value is -0.890. The van der Waals surface area contributed by atoms with Gasteiger partial charge >= 0.3 is 0 Å². The smallest absolute Gasteiger partial charge is 0.0452 e. The summed E-state index contributed by atoms with van der Waals surface area (Å²) in [7, 11) is 0. The van der Waals surface area contributed by atoms with Gasteiger partial charge in [-0.25, -0.2) is 0 Å². The molecule has 0 fully saturated rings. The van der Waals surface area contributed by atoms with Crippen LogP contribution in [0.2, 0.25) is 0 Å². The maximum absolute atomic E-state index is 5.80. The Bertz CT molecular complexity index is 294. The molecule has 0 saturated carbocycles. The predicted molar refractivity (Wildman–Crippen MR) is 61.0 cm³/mol. The van der Waals surface area contributed by atoms with Gasteiger partial charge in [0.2, 0.25) is 0 Å². The van der Waals surface area contributed by atoms with Gasteiger partial charge < -0.3 is 5.73 Å². The Kier molecular flexibility index (Phi) is 3.90. The summed E-state index contributed by atoms with van der Waals surface area (Å²) in [5, 5.41) is 0. The first kappa shape index (κ1) is 10.2. The van der Waals surface area contributed by atoms with E-state index in [1.54, 1.807) is 11.8 Å². The molecule has 0 spiro atoms. The van der Waals surface area contributed by atoms with Gasteiger partial charge in [-0.3, -0.25) is 0 Å². The first-order chi connectivity index (χ1) is 6.24. The van der Waals surface area contributed by atoms with E-state index in [1.165, 1.54) is 5.57 Å². The number of nitrogens with two attached hydrogens (primary N) is 1. The standard InChI is InChI=1S/C11H15NS/c1-3-9(2)8-13-11-7-5-4-6-10(11)12/h4-7H,2-3,8,12H2,1H3. The average Bonchev–Trinajstić information content (AvgIpc) is 2.16. The summed E-state index contributed by atoms with van der Waals surface area (Å²) < 4.78 is 0. The van der Waals surface area contributed by atoms with Crippen molar-refractivity contribution in [1.82, 2.24) is 0 Å². The highest BCUT2D eigenvalue weighted by Crippen LogP contribution is 2.26. The highest BCUT2D eigenvalue weighted by atomic mass is 32.2. The van der Waals surface area contributed by atoms with Crippen LogP contribution in [-0.4, -0.2) is 5.75 Å². The zero-order valence-electron chi connectivity index (χ0n) is 7.92. The Morgan fingerprint density at radius 2 is 2.15 bits per heavy atom. The molecule has 0 aliphatic heterocycles. The zero-order valence-corrected chi connectivity index (χ0v) is 8.73. The molecule has 0 aliphatic rings. The van der Waals surface area contributed by atoms with Crippen LogP contribution in [0.15, 0.2) is 41.3 Å². The van der Waals surface area contributed by atoms with Gasteiger partial charge in [-0.05, 0) is 18.6 Å². The highest BCUT2D eigenvalue weighted by Gasteiger charge is 1.98. The van der Waals surface area contributed by atoms with Crippen molar-refractivity contribution in [1.29, 1.82) is 0 Å². The molecule has 1 aromatic rings. The summed E-state index contributed by atoms with van der Waals surface area (Å²) in [6, 6.07) is 7.93. The van der Waals surface area contributed by atoms with Gasteiger partial charge in [0, 0.05) is 16.3 Å². The molecule has 70 valence electrons. The van der Waals surface area contributed by atoms with Gasteiger partial charge in [0.1, 0.15) is 0 Å². The Labute approximate surface area is 84.0 Å². The molecule has 0 atom stereocenters. The summed E-state index contributed by atoms with van der Waals surface area (Å²) in [5.74, 6) is 0.963. The number of hydrogen-bond donors (Lipinski definition) is 1. The zero-order chi connectivity index (χ0) is 9.68. The second kappa shape index (κ2) is 4.97. The molecule has 13 heavy (non-hydrogen) atoms. The molecular formula is C11H15NS. The van der Waals surface area contributed by atoms with Crippen molar-refractivity contribution in [3.63, 3.8) is 0 Å². The lowest BCUT2D eigenvalue weighted by Gasteiger charge is -2.05. The Balaban J connectivity index is 2.54. The van der Waals surface area contributed by atoms with Gasteiger partial charge in [0.15, 0.2) is 0 Å². The van der Waals surface area contributed by atoms with Gasteiger partial charge in [0.05, 0.1) is 0 Å². The number of thioether (sulfide) groups is 1. The molecular weight excluding hydrogens is 178 g/mol. The van der Waals surface area contributed by atoms with Gasteiger partial charge in [-0.1, -0.05) is 31.2 Å². The number of para-hydroxylation sites is 1. The molecule has 1 aromatic carbocycles. The second-order valence-electron chi connectivity index (χ2n) is 2.93. The number of benzene rings is 1. The molecule has 0 bridgehead atoms. The fourth-order valence-electron chi connectivity index (χ4n) is 0.894. The van der Waals surface area contributed by atoms with E-state index in [2.05, 4.69) is 13.5 Å². The van der Waals surface area contributed by atoms with Crippen LogP contribution in [0.4, 0.5) is 5.69 Å². The first-order valence-corrected chi connectivity index (χ1v) is 5.36. The van der Waals surface area contributed by atoms with E-state index < -0.39 is 0 Å². The predicted octanol–water partition coefficient (Wildman–Crippen LogP) is 3.33. The number of hydrogen-bond acceptors (Lipinski definition) is 2. The fraction of sp³-hybridized carbons (Fsp3) is 0.273. The van der Waals surface area contributed by atoms with Crippen LogP contribution in [0.25, 0.3) is 0 Å². The van der Waals surface area contributed by atoms with Crippen LogP contribution < -0.4 is 5.73 Å². The Morgan fingerprint density at radius 1 is 1.46 bits per heavy atom. The van der Waals surface area contributed by atoms with Crippen LogP contribution in [0, 0.1) is 0 Å². The van der Waals surface area contributed by atoms with Crippen molar-refractivity contribution in [2.75, 3.05) is 11.5 Å². The minimum absolute atomic E-state index is 0.858. The lowest BCUT2D eigenvalue weighted by atomic mass is 10.3. The summed E-state index contributed by atoms with van der Waals surface area (Å²) in [6.07, 6.45) is 1.04. The lowest BCUT2D eigenvalue weighted by molar-refractivity contribution is 1.12. The van der Waals surface area contributed by atoms with Crippen LogP contribution in [0.5, 0.6) is 0 Å². The van der Waals surface area contributed by atoms with E-state index in [0.29, 0.717) is 0 Å². The van der Waals surface area contributed by atoms with Gasteiger partial charge in [-0.2, -0.15) is 0 Å². The highest BCUT2D eigenvalue weighted by molar-refractivity contribution is 7.99. The summed E-state index contributed by atoms with van der Waals surface area (Å²) >= 11 is 1.76. The van der Waals surface area contributed by atoms with E-state index in [4.69, 9.17) is 5.73 Å². The molecule has 0 heterocycles. The normalized spacial score (nSPS) is 9.92. The largest absolute Gasteiger partial charge is 0.398 e. The number of nitrogen functional groups attached to an aromatic ring is 1. The SMILES string of the molecule is C=C(CC)CSc1ccccc1N. The van der Waals surface area contributed by atoms with Crippen molar-refractivity contribution in [3.8, 4) is 0 Å². The number of rotatable bonds is 4. The molecule has 1 rings (SSSR count). The quantitative estimate of drug-likeness (QED) is 0.451. The van der Waals surface area contributed by atoms with Crippen LogP contribution >= 0.6 is 11.8 Å². The third-order valence-corrected chi connectivity index (χ3v) is 3.09. The summed E-state index contributed by atoms with van der Waals surface area (Å²) in [4.78, 5) is 1.15. The maximum atomic E-state index is 5.80. The van der Waals surface area contributed by atoms with Crippen LogP contribution in [-0.2, 0) is 0 Å². The minimum atomic E-state index is 0.858. The van der Waals surface area contributed by atoms with E-state index in [9.17, 15) is 0 Å².